The third-order valence-electron chi connectivity index (χ3n) is 7.81. The minimum absolute atomic E-state index is 0.0118. The van der Waals surface area contributed by atoms with E-state index in [1.54, 1.807) is 0 Å². The second-order valence-corrected chi connectivity index (χ2v) is 10.3. The molecule has 1 aromatic carbocycles. The number of halogens is 1. The molecule has 1 N–H and O–H groups in total. The van der Waals surface area contributed by atoms with Gasteiger partial charge in [0, 0.05) is 17.4 Å². The summed E-state index contributed by atoms with van der Waals surface area (Å²) in [5.41, 5.74) is 5.69. The maximum absolute atomic E-state index is 12.8. The average molecular weight is 425 g/mol. The Hall–Kier alpha value is -1.84. The van der Waals surface area contributed by atoms with Gasteiger partial charge in [-0.15, -0.1) is 0 Å². The van der Waals surface area contributed by atoms with E-state index in [-0.39, 0.29) is 29.3 Å². The third-order valence-corrected chi connectivity index (χ3v) is 8.06. The van der Waals surface area contributed by atoms with Gasteiger partial charge in [-0.25, -0.2) is 0 Å². The predicted octanol–water partition coefficient (Wildman–Crippen LogP) is 4.25. The van der Waals surface area contributed by atoms with Crippen LogP contribution in [0.15, 0.2) is 53.6 Å². The first kappa shape index (κ1) is 20.1. The molecule has 5 rings (SSSR count). The van der Waals surface area contributed by atoms with E-state index in [0.717, 1.165) is 50.3 Å². The largest absolute Gasteiger partial charge is 0.461 e. The van der Waals surface area contributed by atoms with E-state index in [9.17, 15) is 4.79 Å². The van der Waals surface area contributed by atoms with E-state index in [1.165, 1.54) is 27.2 Å². The fourth-order valence-electron chi connectivity index (χ4n) is 6.07. The number of rotatable bonds is 3. The molecule has 5 atom stereocenters. The minimum Gasteiger partial charge on any atom is -0.461 e. The topological polar surface area (TPSA) is 30.7 Å². The van der Waals surface area contributed by atoms with Crippen molar-refractivity contribution in [3.05, 3.63) is 64.2 Å². The number of fused-ring (bicyclic) bond motifs is 2. The summed E-state index contributed by atoms with van der Waals surface area (Å²) in [6.07, 6.45) is 11.5. The van der Waals surface area contributed by atoms with Crippen molar-refractivity contribution in [1.82, 2.24) is 0 Å². The summed E-state index contributed by atoms with van der Waals surface area (Å²) < 4.78 is 5.93. The molecule has 4 heteroatoms. The molecule has 0 radical (unpaired) electrons. The van der Waals surface area contributed by atoms with Crippen LogP contribution in [0, 0.1) is 17.3 Å². The zero-order chi connectivity index (χ0) is 20.9. The Balaban J connectivity index is 1.31. The van der Waals surface area contributed by atoms with Crippen molar-refractivity contribution >= 4 is 23.1 Å². The van der Waals surface area contributed by atoms with Crippen molar-refractivity contribution in [2.45, 2.75) is 45.6 Å². The molecule has 2 heterocycles. The fraction of sp³-hybridized carbons (Fsp3) is 0.500. The number of hydrogen-bond acceptors (Lipinski definition) is 2. The Bertz CT molecular complexity index is 944. The molecule has 1 saturated heterocycles. The number of ether oxygens (including phenoxy) is 1. The Labute approximate surface area is 184 Å². The zero-order valence-electron chi connectivity index (χ0n) is 17.9. The van der Waals surface area contributed by atoms with Gasteiger partial charge >= 0.3 is 5.97 Å². The van der Waals surface area contributed by atoms with E-state index in [0.29, 0.717) is 0 Å². The smallest absolute Gasteiger partial charge is 0.315 e. The minimum atomic E-state index is -0.0118. The van der Waals surface area contributed by atoms with Crippen LogP contribution in [0.25, 0.3) is 5.57 Å². The monoisotopic (exact) mass is 424 g/mol. The molecule has 0 bridgehead atoms. The van der Waals surface area contributed by atoms with Gasteiger partial charge in [0.1, 0.15) is 12.0 Å². The lowest BCUT2D eigenvalue weighted by atomic mass is 9.62. The Kier molecular flexibility index (Phi) is 5.15. The zero-order valence-corrected chi connectivity index (χ0v) is 18.7. The number of allylic oxidation sites excluding steroid dienone is 3. The van der Waals surface area contributed by atoms with Crippen LogP contribution < -0.4 is 4.90 Å². The van der Waals surface area contributed by atoms with Crippen molar-refractivity contribution in [3.8, 4) is 0 Å². The molecule has 4 aliphatic rings. The van der Waals surface area contributed by atoms with Crippen LogP contribution in [0.3, 0.4) is 0 Å². The molecule has 0 spiro atoms. The summed E-state index contributed by atoms with van der Waals surface area (Å²) in [7, 11) is 0. The van der Waals surface area contributed by atoms with Gasteiger partial charge < -0.3 is 9.64 Å². The van der Waals surface area contributed by atoms with Crippen molar-refractivity contribution < 1.29 is 14.4 Å². The van der Waals surface area contributed by atoms with Gasteiger partial charge in [0.25, 0.3) is 0 Å². The van der Waals surface area contributed by atoms with Gasteiger partial charge in [0.2, 0.25) is 0 Å². The van der Waals surface area contributed by atoms with Crippen LogP contribution in [0.4, 0.5) is 0 Å². The molecule has 0 saturated carbocycles. The number of quaternary nitrogens is 1. The maximum Gasteiger partial charge on any atom is 0.315 e. The summed E-state index contributed by atoms with van der Waals surface area (Å²) in [6, 6.07) is 8.11. The van der Waals surface area contributed by atoms with Crippen LogP contribution >= 0.6 is 11.6 Å². The number of nitrogens with one attached hydrogen (secondary N) is 1. The quantitative estimate of drug-likeness (QED) is 0.735. The van der Waals surface area contributed by atoms with Gasteiger partial charge in [-0.3, -0.25) is 4.79 Å². The summed E-state index contributed by atoms with van der Waals surface area (Å²) in [4.78, 5) is 14.3. The van der Waals surface area contributed by atoms with Crippen LogP contribution in [0.2, 0.25) is 5.02 Å². The third kappa shape index (κ3) is 3.56. The fourth-order valence-corrected chi connectivity index (χ4v) is 6.19. The van der Waals surface area contributed by atoms with Gasteiger partial charge in [-0.1, -0.05) is 48.4 Å². The van der Waals surface area contributed by atoms with Crippen LogP contribution in [0.1, 0.15) is 45.1 Å². The van der Waals surface area contributed by atoms with Crippen LogP contribution in [-0.4, -0.2) is 31.7 Å². The summed E-state index contributed by atoms with van der Waals surface area (Å²) in [5.74, 6) is 0.240. The van der Waals surface area contributed by atoms with Gasteiger partial charge in [0.15, 0.2) is 0 Å². The molecule has 1 fully saturated rings. The molecule has 1 unspecified atom stereocenters. The van der Waals surface area contributed by atoms with Crippen LogP contribution in [-0.2, 0) is 9.53 Å². The molecule has 30 heavy (non-hydrogen) atoms. The normalized spacial score (nSPS) is 35.6. The number of benzene rings is 1. The van der Waals surface area contributed by atoms with Crippen LogP contribution in [0.5, 0.6) is 0 Å². The van der Waals surface area contributed by atoms with E-state index in [4.69, 9.17) is 16.3 Å². The van der Waals surface area contributed by atoms with E-state index >= 15 is 0 Å². The SMILES string of the molecule is CC1=CCC[C@]2(C)C[C@H]3OC(=O)[C@@H](C[NH+]4CC=C(c5ccc(Cl)cc5)CC4)[C@H]3C=C12. The average Bonchev–Trinajstić information content (AvgIpc) is 3.01. The number of esters is 1. The van der Waals surface area contributed by atoms with E-state index in [1.807, 2.05) is 12.1 Å². The molecular formula is C26H31ClNO2+. The molecule has 0 aromatic heterocycles. The number of hydrogen-bond donors (Lipinski definition) is 1. The van der Waals surface area contributed by atoms with E-state index in [2.05, 4.69) is 44.2 Å². The molecule has 2 aliphatic carbocycles. The summed E-state index contributed by atoms with van der Waals surface area (Å²) in [5, 5.41) is 0.775. The molecule has 3 nitrogen and oxygen atoms in total. The van der Waals surface area contributed by atoms with Crippen molar-refractivity contribution in [2.24, 2.45) is 17.3 Å². The standard InChI is InChI=1S/C26H30ClNO2/c1-17-4-3-11-26(2)15-24-21(14-23(17)26)22(25(29)30-24)16-28-12-9-19(10-13-28)18-5-7-20(27)8-6-18/h4-9,14,21-22,24H,3,10-13,15-16H2,1-2H3/p+1/t21-,22+,24-,26-/m1/s1. The first-order valence-corrected chi connectivity index (χ1v) is 11.7. The highest BCUT2D eigenvalue weighted by atomic mass is 35.5. The molecule has 0 amide bonds. The molecular weight excluding hydrogens is 394 g/mol. The lowest BCUT2D eigenvalue weighted by Crippen LogP contribution is -3.13. The lowest BCUT2D eigenvalue weighted by molar-refractivity contribution is -0.897. The van der Waals surface area contributed by atoms with E-state index < -0.39 is 0 Å². The second kappa shape index (κ2) is 7.69. The molecule has 158 valence electrons. The Morgan fingerprint density at radius 2 is 2.03 bits per heavy atom. The lowest BCUT2D eigenvalue weighted by Gasteiger charge is -2.43. The molecule has 1 aromatic rings. The first-order valence-electron chi connectivity index (χ1n) is 11.3. The highest BCUT2D eigenvalue weighted by Crippen LogP contribution is 2.52. The molecule has 2 aliphatic heterocycles. The summed E-state index contributed by atoms with van der Waals surface area (Å²) in [6.45, 7) is 7.48. The highest BCUT2D eigenvalue weighted by molar-refractivity contribution is 6.30. The Morgan fingerprint density at radius 3 is 2.77 bits per heavy atom. The van der Waals surface area contributed by atoms with Crippen molar-refractivity contribution in [3.63, 3.8) is 0 Å². The first-order chi connectivity index (χ1) is 14.4. The maximum atomic E-state index is 12.8. The highest BCUT2D eigenvalue weighted by Gasteiger charge is 2.52. The number of carbonyl (C=O) groups excluding carboxylic acids is 1. The second-order valence-electron chi connectivity index (χ2n) is 9.82. The summed E-state index contributed by atoms with van der Waals surface area (Å²) >= 11 is 6.02. The predicted molar refractivity (Wildman–Crippen MR) is 120 cm³/mol. The van der Waals surface area contributed by atoms with Gasteiger partial charge in [0.05, 0.1) is 19.6 Å². The van der Waals surface area contributed by atoms with Gasteiger partial charge in [-0.05, 0) is 66.5 Å². The van der Waals surface area contributed by atoms with Gasteiger partial charge in [-0.2, -0.15) is 0 Å². The van der Waals surface area contributed by atoms with Crippen molar-refractivity contribution in [2.75, 3.05) is 19.6 Å². The number of carbonyl (C=O) groups is 1. The Morgan fingerprint density at radius 1 is 1.23 bits per heavy atom. The van der Waals surface area contributed by atoms with Crippen molar-refractivity contribution in [1.29, 1.82) is 0 Å².